The molecule has 30 heavy (non-hydrogen) atoms. The molecule has 0 fully saturated rings. The molecule has 0 aliphatic rings. The highest BCUT2D eigenvalue weighted by atomic mass is 32.2. The number of hydrogen-bond donors (Lipinski definition) is 2. The van der Waals surface area contributed by atoms with Crippen LogP contribution in [-0.4, -0.2) is 23.2 Å². The molecule has 0 saturated heterocycles. The van der Waals surface area contributed by atoms with E-state index in [1.807, 2.05) is 18.2 Å². The van der Waals surface area contributed by atoms with Crippen LogP contribution in [0.4, 0.5) is 0 Å². The summed E-state index contributed by atoms with van der Waals surface area (Å²) >= 11 is 1.79. The van der Waals surface area contributed by atoms with E-state index in [9.17, 15) is 4.79 Å². The van der Waals surface area contributed by atoms with Crippen LogP contribution < -0.4 is 5.32 Å². The van der Waals surface area contributed by atoms with Gasteiger partial charge in [-0.2, -0.15) is 0 Å². The summed E-state index contributed by atoms with van der Waals surface area (Å²) in [4.78, 5) is 17.0. The predicted octanol–water partition coefficient (Wildman–Crippen LogP) is 5.98. The number of hydrogen-bond acceptors (Lipinski definition) is 2. The largest absolute Gasteiger partial charge is 0.355 e. The van der Waals surface area contributed by atoms with Crippen molar-refractivity contribution < 1.29 is 4.79 Å². The molecule has 4 aromatic rings. The van der Waals surface area contributed by atoms with Crippen LogP contribution in [0.2, 0.25) is 0 Å². The molecule has 0 unspecified atom stereocenters. The number of carbonyl (C=O) groups excluding carboxylic acids is 1. The smallest absolute Gasteiger partial charge is 0.220 e. The number of nitrogens with one attached hydrogen (secondary N) is 2. The van der Waals surface area contributed by atoms with Crippen molar-refractivity contribution in [2.24, 2.45) is 0 Å². The first-order valence-corrected chi connectivity index (χ1v) is 11.3. The third-order valence-electron chi connectivity index (χ3n) is 5.15. The number of aromatic nitrogens is 1. The number of fused-ring (bicyclic) bond motifs is 1. The number of rotatable bonds is 8. The monoisotopic (exact) mass is 414 g/mol. The van der Waals surface area contributed by atoms with Crippen molar-refractivity contribution in [1.29, 1.82) is 0 Å². The van der Waals surface area contributed by atoms with E-state index in [1.165, 1.54) is 27.0 Å². The molecule has 4 heteroatoms. The van der Waals surface area contributed by atoms with Crippen molar-refractivity contribution in [3.63, 3.8) is 0 Å². The van der Waals surface area contributed by atoms with Gasteiger partial charge in [-0.1, -0.05) is 78.4 Å². The number of H-pyrrole nitrogens is 1. The van der Waals surface area contributed by atoms with E-state index in [1.54, 1.807) is 11.8 Å². The number of benzene rings is 3. The van der Waals surface area contributed by atoms with Crippen LogP contribution in [0.15, 0.2) is 83.8 Å². The lowest BCUT2D eigenvalue weighted by Crippen LogP contribution is -2.25. The summed E-state index contributed by atoms with van der Waals surface area (Å²) in [5.41, 5.74) is 5.93. The van der Waals surface area contributed by atoms with Gasteiger partial charge in [0.05, 0.1) is 5.69 Å². The van der Waals surface area contributed by atoms with E-state index in [2.05, 4.69) is 77.9 Å². The molecule has 0 saturated carbocycles. The van der Waals surface area contributed by atoms with Gasteiger partial charge >= 0.3 is 0 Å². The van der Waals surface area contributed by atoms with Crippen LogP contribution in [0, 0.1) is 6.92 Å². The van der Waals surface area contributed by atoms with Crippen LogP contribution in [0.3, 0.4) is 0 Å². The van der Waals surface area contributed by atoms with E-state index >= 15 is 0 Å². The quantitative estimate of drug-likeness (QED) is 0.275. The Morgan fingerprint density at radius 3 is 2.47 bits per heavy atom. The predicted molar refractivity (Wildman–Crippen MR) is 127 cm³/mol. The highest BCUT2D eigenvalue weighted by Crippen LogP contribution is 2.37. The molecule has 0 bridgehead atoms. The van der Waals surface area contributed by atoms with Crippen LogP contribution in [0.5, 0.6) is 0 Å². The zero-order valence-electron chi connectivity index (χ0n) is 17.2. The Kier molecular flexibility index (Phi) is 6.55. The van der Waals surface area contributed by atoms with Gasteiger partial charge in [0.2, 0.25) is 5.91 Å². The molecule has 1 heterocycles. The fraction of sp³-hybridized carbons (Fsp3) is 0.192. The lowest BCUT2D eigenvalue weighted by molar-refractivity contribution is -0.120. The van der Waals surface area contributed by atoms with Gasteiger partial charge in [0.15, 0.2) is 0 Å². The zero-order valence-corrected chi connectivity index (χ0v) is 18.0. The van der Waals surface area contributed by atoms with Crippen molar-refractivity contribution in [3.05, 3.63) is 90.0 Å². The van der Waals surface area contributed by atoms with Crippen LogP contribution in [0.1, 0.15) is 17.5 Å². The molecule has 0 aliphatic carbocycles. The van der Waals surface area contributed by atoms with Gasteiger partial charge in [0, 0.05) is 34.5 Å². The number of carbonyl (C=O) groups is 1. The lowest BCUT2D eigenvalue weighted by atomic mass is 10.1. The van der Waals surface area contributed by atoms with Gasteiger partial charge in [0.1, 0.15) is 0 Å². The summed E-state index contributed by atoms with van der Waals surface area (Å²) < 4.78 is 0. The Morgan fingerprint density at radius 1 is 0.933 bits per heavy atom. The summed E-state index contributed by atoms with van der Waals surface area (Å²) in [5, 5.41) is 4.29. The van der Waals surface area contributed by atoms with Crippen molar-refractivity contribution in [2.45, 2.75) is 24.7 Å². The van der Waals surface area contributed by atoms with Crippen LogP contribution in [0.25, 0.3) is 22.2 Å². The molecule has 1 aromatic heterocycles. The maximum absolute atomic E-state index is 12.2. The average Bonchev–Trinajstić information content (AvgIpc) is 3.15. The minimum atomic E-state index is 0.108. The maximum atomic E-state index is 12.2. The van der Waals surface area contributed by atoms with Crippen LogP contribution >= 0.6 is 11.8 Å². The van der Waals surface area contributed by atoms with E-state index in [4.69, 9.17) is 0 Å². The molecule has 3 nitrogen and oxygen atoms in total. The highest BCUT2D eigenvalue weighted by Gasteiger charge is 2.13. The SMILES string of the molecule is Cc1ccc(-c2[nH]c3ccccc3c2SCCNC(=O)CCc2ccccc2)cc1. The number of para-hydroxylation sites is 1. The molecule has 2 N–H and O–H groups in total. The van der Waals surface area contributed by atoms with E-state index in [-0.39, 0.29) is 5.91 Å². The van der Waals surface area contributed by atoms with E-state index in [0.717, 1.165) is 23.4 Å². The second kappa shape index (κ2) is 9.68. The van der Waals surface area contributed by atoms with Gasteiger partial charge in [-0.25, -0.2) is 0 Å². The van der Waals surface area contributed by atoms with E-state index in [0.29, 0.717) is 13.0 Å². The first-order chi connectivity index (χ1) is 14.7. The molecular formula is C26H26N2OS. The number of amides is 1. The molecule has 0 atom stereocenters. The Bertz CT molecular complexity index is 1120. The second-order valence-electron chi connectivity index (χ2n) is 7.42. The first-order valence-electron chi connectivity index (χ1n) is 10.3. The highest BCUT2D eigenvalue weighted by molar-refractivity contribution is 7.99. The third-order valence-corrected chi connectivity index (χ3v) is 6.27. The molecule has 152 valence electrons. The third kappa shape index (κ3) is 4.95. The molecular weight excluding hydrogens is 388 g/mol. The number of thioether (sulfide) groups is 1. The van der Waals surface area contributed by atoms with E-state index < -0.39 is 0 Å². The fourth-order valence-electron chi connectivity index (χ4n) is 3.52. The topological polar surface area (TPSA) is 44.9 Å². The van der Waals surface area contributed by atoms with Gasteiger partial charge < -0.3 is 10.3 Å². The fourth-order valence-corrected chi connectivity index (χ4v) is 4.58. The summed E-state index contributed by atoms with van der Waals surface area (Å²) in [7, 11) is 0. The van der Waals surface area contributed by atoms with Gasteiger partial charge in [-0.15, -0.1) is 11.8 Å². The van der Waals surface area contributed by atoms with Crippen molar-refractivity contribution in [1.82, 2.24) is 10.3 Å². The van der Waals surface area contributed by atoms with Crippen molar-refractivity contribution in [2.75, 3.05) is 12.3 Å². The molecule has 0 aliphatic heterocycles. The number of aromatic amines is 1. The van der Waals surface area contributed by atoms with Crippen molar-refractivity contribution >= 4 is 28.6 Å². The maximum Gasteiger partial charge on any atom is 0.220 e. The van der Waals surface area contributed by atoms with Crippen molar-refractivity contribution in [3.8, 4) is 11.3 Å². The van der Waals surface area contributed by atoms with Gasteiger partial charge in [-0.05, 0) is 30.5 Å². The second-order valence-corrected chi connectivity index (χ2v) is 8.53. The van der Waals surface area contributed by atoms with Gasteiger partial charge in [0.25, 0.3) is 0 Å². The average molecular weight is 415 g/mol. The molecule has 0 spiro atoms. The summed E-state index contributed by atoms with van der Waals surface area (Å²) in [6, 6.07) is 27.1. The minimum Gasteiger partial charge on any atom is -0.355 e. The Balaban J connectivity index is 1.38. The first kappa shape index (κ1) is 20.3. The lowest BCUT2D eigenvalue weighted by Gasteiger charge is -2.08. The number of aryl methyl sites for hydroxylation is 2. The zero-order chi connectivity index (χ0) is 20.8. The Hall–Kier alpha value is -2.98. The molecule has 0 radical (unpaired) electrons. The minimum absolute atomic E-state index is 0.108. The standard InChI is InChI=1S/C26H26N2OS/c1-19-11-14-21(15-12-19)25-26(22-9-5-6-10-23(22)28-25)30-18-17-27-24(29)16-13-20-7-3-2-4-8-20/h2-12,14-15,28H,13,16-18H2,1H3,(H,27,29). The molecule has 4 rings (SSSR count). The Morgan fingerprint density at radius 2 is 1.67 bits per heavy atom. The Labute approximate surface area is 181 Å². The molecule has 1 amide bonds. The summed E-state index contributed by atoms with van der Waals surface area (Å²) in [5.74, 6) is 0.940. The summed E-state index contributed by atoms with van der Waals surface area (Å²) in [6.07, 6.45) is 1.30. The molecule has 3 aromatic carbocycles. The van der Waals surface area contributed by atoms with Gasteiger partial charge in [-0.3, -0.25) is 4.79 Å². The summed E-state index contributed by atoms with van der Waals surface area (Å²) in [6.45, 7) is 2.76. The van der Waals surface area contributed by atoms with Crippen LogP contribution in [-0.2, 0) is 11.2 Å². The normalized spacial score (nSPS) is 11.0.